The predicted octanol–water partition coefficient (Wildman–Crippen LogP) is 2.94. The van der Waals surface area contributed by atoms with Crippen LogP contribution < -0.4 is 5.32 Å². The van der Waals surface area contributed by atoms with Gasteiger partial charge in [-0.15, -0.1) is 11.8 Å². The van der Waals surface area contributed by atoms with Crippen molar-refractivity contribution >= 4 is 39.1 Å². The van der Waals surface area contributed by atoms with Gasteiger partial charge < -0.3 is 10.2 Å². The Morgan fingerprint density at radius 3 is 2.64 bits per heavy atom. The zero-order chi connectivity index (χ0) is 20.3. The number of rotatable bonds is 6. The maximum absolute atomic E-state index is 12.9. The standard InChI is InChI=1S/C20H22N2O4S2/c1-14(10-20(24)22(2)12-15-6-4-3-5-7-15)28(25,26)16-8-9-17-18(11-16)27-13-19(23)21-17/h3-9,11,14H,10,12-13H2,1-2H3,(H,21,23). The number of thioether (sulfide) groups is 1. The molecule has 0 fully saturated rings. The summed E-state index contributed by atoms with van der Waals surface area (Å²) >= 11 is 1.31. The first-order valence-corrected chi connectivity index (χ1v) is 11.4. The summed E-state index contributed by atoms with van der Waals surface area (Å²) in [7, 11) is -1.99. The molecule has 1 atom stereocenters. The lowest BCUT2D eigenvalue weighted by Gasteiger charge is -2.21. The van der Waals surface area contributed by atoms with Gasteiger partial charge in [0, 0.05) is 24.9 Å². The minimum atomic E-state index is -3.66. The molecule has 3 rings (SSSR count). The third-order valence-electron chi connectivity index (χ3n) is 4.59. The van der Waals surface area contributed by atoms with E-state index in [1.165, 1.54) is 17.8 Å². The second-order valence-electron chi connectivity index (χ2n) is 6.79. The van der Waals surface area contributed by atoms with Crippen molar-refractivity contribution in [1.29, 1.82) is 0 Å². The van der Waals surface area contributed by atoms with Crippen LogP contribution in [0.4, 0.5) is 5.69 Å². The van der Waals surface area contributed by atoms with Crippen LogP contribution in [0.25, 0.3) is 0 Å². The van der Waals surface area contributed by atoms with Crippen LogP contribution in [0.2, 0.25) is 0 Å². The fourth-order valence-corrected chi connectivity index (χ4v) is 5.21. The zero-order valence-corrected chi connectivity index (χ0v) is 17.3. The zero-order valence-electron chi connectivity index (χ0n) is 15.7. The van der Waals surface area contributed by atoms with E-state index in [1.807, 2.05) is 30.3 Å². The fourth-order valence-electron chi connectivity index (χ4n) is 2.92. The summed E-state index contributed by atoms with van der Waals surface area (Å²) in [6.07, 6.45) is -0.0906. The van der Waals surface area contributed by atoms with Gasteiger partial charge in [-0.3, -0.25) is 9.59 Å². The topological polar surface area (TPSA) is 83.6 Å². The molecule has 0 bridgehead atoms. The molecule has 2 aromatic carbocycles. The summed E-state index contributed by atoms with van der Waals surface area (Å²) in [5.41, 5.74) is 1.61. The highest BCUT2D eigenvalue weighted by atomic mass is 32.2. The number of fused-ring (bicyclic) bond motifs is 1. The second kappa shape index (κ2) is 8.36. The van der Waals surface area contributed by atoms with E-state index < -0.39 is 15.1 Å². The van der Waals surface area contributed by atoms with Crippen molar-refractivity contribution < 1.29 is 18.0 Å². The van der Waals surface area contributed by atoms with Crippen LogP contribution >= 0.6 is 11.8 Å². The first-order valence-electron chi connectivity index (χ1n) is 8.86. The SMILES string of the molecule is CC(CC(=O)N(C)Cc1ccccc1)S(=O)(=O)c1ccc2c(c1)SCC(=O)N2. The molecular formula is C20H22N2O4S2. The molecule has 2 amide bonds. The van der Waals surface area contributed by atoms with Gasteiger partial charge in [0.05, 0.1) is 21.6 Å². The highest BCUT2D eigenvalue weighted by Gasteiger charge is 2.28. The molecule has 148 valence electrons. The molecule has 6 nitrogen and oxygen atoms in total. The normalized spacial score (nSPS) is 14.7. The number of sulfone groups is 1. The molecule has 0 saturated carbocycles. The quantitative estimate of drug-likeness (QED) is 0.780. The van der Waals surface area contributed by atoms with E-state index in [9.17, 15) is 18.0 Å². The Balaban J connectivity index is 1.69. The lowest BCUT2D eigenvalue weighted by Crippen LogP contribution is -2.31. The number of nitrogens with one attached hydrogen (secondary N) is 1. The molecule has 1 N–H and O–H groups in total. The van der Waals surface area contributed by atoms with Crippen LogP contribution in [0.5, 0.6) is 0 Å². The van der Waals surface area contributed by atoms with Crippen LogP contribution in [0.1, 0.15) is 18.9 Å². The molecule has 0 aliphatic carbocycles. The van der Waals surface area contributed by atoms with E-state index in [0.29, 0.717) is 12.2 Å². The van der Waals surface area contributed by atoms with E-state index in [4.69, 9.17) is 0 Å². The van der Waals surface area contributed by atoms with Crippen LogP contribution in [-0.2, 0) is 26.0 Å². The summed E-state index contributed by atoms with van der Waals surface area (Å²) in [5, 5.41) is 1.87. The number of carbonyl (C=O) groups excluding carboxylic acids is 2. The van der Waals surface area contributed by atoms with Crippen molar-refractivity contribution in [2.75, 3.05) is 18.1 Å². The Morgan fingerprint density at radius 1 is 1.21 bits per heavy atom. The molecule has 28 heavy (non-hydrogen) atoms. The van der Waals surface area contributed by atoms with Crippen LogP contribution in [0, 0.1) is 0 Å². The van der Waals surface area contributed by atoms with Crippen molar-refractivity contribution in [3.05, 3.63) is 54.1 Å². The summed E-state index contributed by atoms with van der Waals surface area (Å²) in [6, 6.07) is 14.2. The number of carbonyl (C=O) groups is 2. The third kappa shape index (κ3) is 4.56. The van der Waals surface area contributed by atoms with Gasteiger partial charge in [-0.25, -0.2) is 8.42 Å². The third-order valence-corrected chi connectivity index (χ3v) is 7.79. The Hall–Kier alpha value is -2.32. The highest BCUT2D eigenvalue weighted by molar-refractivity contribution is 8.00. The van der Waals surface area contributed by atoms with Crippen molar-refractivity contribution in [2.24, 2.45) is 0 Å². The smallest absolute Gasteiger partial charge is 0.234 e. The largest absolute Gasteiger partial charge is 0.341 e. The van der Waals surface area contributed by atoms with Gasteiger partial charge in [0.15, 0.2) is 9.84 Å². The van der Waals surface area contributed by atoms with Crippen molar-refractivity contribution in [1.82, 2.24) is 4.90 Å². The van der Waals surface area contributed by atoms with E-state index in [-0.39, 0.29) is 28.9 Å². The van der Waals surface area contributed by atoms with Gasteiger partial charge >= 0.3 is 0 Å². The lowest BCUT2D eigenvalue weighted by molar-refractivity contribution is -0.130. The van der Waals surface area contributed by atoms with Gasteiger partial charge in [0.1, 0.15) is 0 Å². The molecular weight excluding hydrogens is 396 g/mol. The van der Waals surface area contributed by atoms with Gasteiger partial charge in [0.25, 0.3) is 0 Å². The summed E-state index contributed by atoms with van der Waals surface area (Å²) in [4.78, 5) is 26.4. The first kappa shape index (κ1) is 20.4. The van der Waals surface area contributed by atoms with Gasteiger partial charge in [0.2, 0.25) is 11.8 Å². The van der Waals surface area contributed by atoms with Crippen LogP contribution in [0.3, 0.4) is 0 Å². The highest BCUT2D eigenvalue weighted by Crippen LogP contribution is 2.34. The van der Waals surface area contributed by atoms with Gasteiger partial charge in [-0.1, -0.05) is 30.3 Å². The minimum absolute atomic E-state index is 0.0906. The van der Waals surface area contributed by atoms with Crippen LogP contribution in [-0.4, -0.2) is 43.2 Å². The summed E-state index contributed by atoms with van der Waals surface area (Å²) in [6.45, 7) is 1.99. The number of hydrogen-bond donors (Lipinski definition) is 1. The van der Waals surface area contributed by atoms with Crippen molar-refractivity contribution in [3.8, 4) is 0 Å². The molecule has 1 aliphatic heterocycles. The number of hydrogen-bond acceptors (Lipinski definition) is 5. The average molecular weight is 419 g/mol. The molecule has 0 saturated heterocycles. The molecule has 0 spiro atoms. The molecule has 8 heteroatoms. The lowest BCUT2D eigenvalue weighted by atomic mass is 10.2. The average Bonchev–Trinajstić information content (AvgIpc) is 2.68. The van der Waals surface area contributed by atoms with Gasteiger partial charge in [-0.2, -0.15) is 0 Å². The van der Waals surface area contributed by atoms with Crippen molar-refractivity contribution in [3.63, 3.8) is 0 Å². The molecule has 1 unspecified atom stereocenters. The fraction of sp³-hybridized carbons (Fsp3) is 0.300. The molecule has 0 radical (unpaired) electrons. The van der Waals surface area contributed by atoms with E-state index >= 15 is 0 Å². The number of nitrogens with zero attached hydrogens (tertiary/aromatic N) is 1. The van der Waals surface area contributed by atoms with Crippen LogP contribution in [0.15, 0.2) is 58.3 Å². The minimum Gasteiger partial charge on any atom is -0.341 e. The number of anilines is 1. The van der Waals surface area contributed by atoms with Gasteiger partial charge in [-0.05, 0) is 30.7 Å². The van der Waals surface area contributed by atoms with E-state index in [2.05, 4.69) is 5.32 Å². The summed E-state index contributed by atoms with van der Waals surface area (Å²) in [5.74, 6) is -0.0671. The number of amides is 2. The Labute approximate surface area is 169 Å². The maximum atomic E-state index is 12.9. The molecule has 1 aliphatic rings. The molecule has 0 aromatic heterocycles. The van der Waals surface area contributed by atoms with E-state index in [1.54, 1.807) is 31.0 Å². The number of benzene rings is 2. The second-order valence-corrected chi connectivity index (χ2v) is 10.2. The van der Waals surface area contributed by atoms with E-state index in [0.717, 1.165) is 10.5 Å². The predicted molar refractivity (Wildman–Crippen MR) is 110 cm³/mol. The Kier molecular flexibility index (Phi) is 6.10. The Bertz CT molecular complexity index is 991. The monoisotopic (exact) mass is 418 g/mol. The summed E-state index contributed by atoms with van der Waals surface area (Å²) < 4.78 is 25.9. The molecule has 2 aromatic rings. The maximum Gasteiger partial charge on any atom is 0.234 e. The Morgan fingerprint density at radius 2 is 1.93 bits per heavy atom. The van der Waals surface area contributed by atoms with Crippen molar-refractivity contribution in [2.45, 2.75) is 34.9 Å². The molecule has 1 heterocycles. The first-order chi connectivity index (χ1) is 13.3.